The Morgan fingerprint density at radius 2 is 1.71 bits per heavy atom. The van der Waals surface area contributed by atoms with Gasteiger partial charge in [0.1, 0.15) is 5.54 Å². The summed E-state index contributed by atoms with van der Waals surface area (Å²) in [6.07, 6.45) is 8.39. The standard InChI is InChI=1S/C23H31NO4/c25-20(19-13-5-2-6-14-19)21(26)24-17-8-7-15-23(24,22(27)28)16-9-12-18-10-3-1-4-11-18/h1,3-4,10-11,19H,2,5-9,12-17H2,(H,27,28). The molecule has 1 heterocycles. The van der Waals surface area contributed by atoms with Crippen LogP contribution in [0.15, 0.2) is 30.3 Å². The zero-order chi connectivity index (χ0) is 20.0. The van der Waals surface area contributed by atoms with E-state index in [2.05, 4.69) is 0 Å². The highest BCUT2D eigenvalue weighted by Crippen LogP contribution is 2.35. The predicted molar refractivity (Wildman–Crippen MR) is 107 cm³/mol. The minimum Gasteiger partial charge on any atom is -0.479 e. The molecule has 1 aromatic rings. The minimum absolute atomic E-state index is 0.223. The molecule has 3 rings (SSSR count). The van der Waals surface area contributed by atoms with Gasteiger partial charge in [0.25, 0.3) is 5.91 Å². The van der Waals surface area contributed by atoms with Gasteiger partial charge in [0.05, 0.1) is 0 Å². The van der Waals surface area contributed by atoms with E-state index in [1.54, 1.807) is 0 Å². The molecule has 1 aliphatic carbocycles. The second kappa shape index (κ2) is 9.35. The monoisotopic (exact) mass is 385 g/mol. The molecule has 152 valence electrons. The number of Topliss-reactive ketones (excluding diaryl/α,β-unsaturated/α-hetero) is 1. The van der Waals surface area contributed by atoms with Gasteiger partial charge in [-0.2, -0.15) is 0 Å². The summed E-state index contributed by atoms with van der Waals surface area (Å²) in [6, 6.07) is 9.97. The topological polar surface area (TPSA) is 74.7 Å². The van der Waals surface area contributed by atoms with Crippen LogP contribution < -0.4 is 0 Å². The number of carbonyl (C=O) groups is 3. The van der Waals surface area contributed by atoms with Crippen LogP contribution in [-0.2, 0) is 20.8 Å². The Morgan fingerprint density at radius 1 is 1.00 bits per heavy atom. The molecule has 0 radical (unpaired) electrons. The molecule has 1 unspecified atom stereocenters. The number of nitrogens with zero attached hydrogens (tertiary/aromatic N) is 1. The number of hydrogen-bond acceptors (Lipinski definition) is 3. The van der Waals surface area contributed by atoms with Gasteiger partial charge in [0.15, 0.2) is 0 Å². The number of hydrogen-bond donors (Lipinski definition) is 1. The molecule has 1 saturated heterocycles. The highest BCUT2D eigenvalue weighted by atomic mass is 16.4. The number of aryl methyl sites for hydroxylation is 1. The Morgan fingerprint density at radius 3 is 2.39 bits per heavy atom. The average molecular weight is 386 g/mol. The summed E-state index contributed by atoms with van der Waals surface area (Å²) in [6.45, 7) is 0.370. The van der Waals surface area contributed by atoms with Crippen LogP contribution in [0.25, 0.3) is 0 Å². The number of carboxylic acids is 1. The van der Waals surface area contributed by atoms with Crippen molar-refractivity contribution >= 4 is 17.7 Å². The van der Waals surface area contributed by atoms with E-state index in [0.29, 0.717) is 25.8 Å². The van der Waals surface area contributed by atoms with Gasteiger partial charge in [-0.15, -0.1) is 0 Å². The van der Waals surface area contributed by atoms with Gasteiger partial charge in [-0.1, -0.05) is 49.6 Å². The molecule has 1 aromatic carbocycles. The van der Waals surface area contributed by atoms with Crippen molar-refractivity contribution in [2.75, 3.05) is 6.54 Å². The third-order valence-corrected chi connectivity index (χ3v) is 6.47. The van der Waals surface area contributed by atoms with E-state index in [0.717, 1.165) is 56.9 Å². The minimum atomic E-state index is -1.24. The highest BCUT2D eigenvalue weighted by molar-refractivity contribution is 6.37. The van der Waals surface area contributed by atoms with E-state index in [1.165, 1.54) is 4.90 Å². The summed E-state index contributed by atoms with van der Waals surface area (Å²) < 4.78 is 0. The summed E-state index contributed by atoms with van der Waals surface area (Å²) in [5.41, 5.74) is -0.0796. The van der Waals surface area contributed by atoms with Crippen molar-refractivity contribution in [2.24, 2.45) is 5.92 Å². The van der Waals surface area contributed by atoms with Gasteiger partial charge in [-0.3, -0.25) is 9.59 Å². The first-order valence-corrected chi connectivity index (χ1v) is 10.7. The number of carbonyl (C=O) groups excluding carboxylic acids is 2. The molecule has 1 saturated carbocycles. The lowest BCUT2D eigenvalue weighted by Crippen LogP contribution is -2.61. The van der Waals surface area contributed by atoms with Crippen LogP contribution >= 0.6 is 0 Å². The van der Waals surface area contributed by atoms with Crippen LogP contribution in [0, 0.1) is 5.92 Å². The lowest BCUT2D eigenvalue weighted by molar-refractivity contribution is -0.166. The molecule has 2 fully saturated rings. The van der Waals surface area contributed by atoms with Gasteiger partial charge in [-0.25, -0.2) is 4.79 Å². The third kappa shape index (κ3) is 4.45. The molecule has 28 heavy (non-hydrogen) atoms. The number of piperidine rings is 1. The Hall–Kier alpha value is -2.17. The summed E-state index contributed by atoms with van der Waals surface area (Å²) in [4.78, 5) is 39.6. The van der Waals surface area contributed by atoms with E-state index in [1.807, 2.05) is 30.3 Å². The van der Waals surface area contributed by atoms with Gasteiger partial charge in [0, 0.05) is 12.5 Å². The average Bonchev–Trinajstić information content (AvgIpc) is 2.74. The first-order chi connectivity index (χ1) is 13.5. The molecule has 0 spiro atoms. The maximum Gasteiger partial charge on any atom is 0.329 e. The predicted octanol–water partition coefficient (Wildman–Crippen LogP) is 3.99. The van der Waals surface area contributed by atoms with E-state index in [9.17, 15) is 19.5 Å². The highest BCUT2D eigenvalue weighted by Gasteiger charge is 2.49. The van der Waals surface area contributed by atoms with E-state index >= 15 is 0 Å². The largest absolute Gasteiger partial charge is 0.479 e. The van der Waals surface area contributed by atoms with Crippen LogP contribution in [0.1, 0.15) is 69.8 Å². The van der Waals surface area contributed by atoms with Gasteiger partial charge in [-0.05, 0) is 56.9 Å². The summed E-state index contributed by atoms with van der Waals surface area (Å²) in [5, 5.41) is 10.1. The van der Waals surface area contributed by atoms with E-state index in [4.69, 9.17) is 0 Å². The lowest BCUT2D eigenvalue weighted by atomic mass is 9.80. The Kier molecular flexibility index (Phi) is 6.87. The van der Waals surface area contributed by atoms with Crippen molar-refractivity contribution in [3.05, 3.63) is 35.9 Å². The Labute approximate surface area is 167 Å². The second-order valence-electron chi connectivity index (χ2n) is 8.29. The summed E-state index contributed by atoms with van der Waals surface area (Å²) >= 11 is 0. The number of carboxylic acid groups (broad SMARTS) is 1. The van der Waals surface area contributed by atoms with E-state index < -0.39 is 17.4 Å². The second-order valence-corrected chi connectivity index (χ2v) is 8.29. The molecular weight excluding hydrogens is 354 g/mol. The van der Waals surface area contributed by atoms with Crippen LogP contribution in [0.5, 0.6) is 0 Å². The fourth-order valence-corrected chi connectivity index (χ4v) is 4.82. The molecule has 1 aliphatic heterocycles. The zero-order valence-corrected chi connectivity index (χ0v) is 16.6. The maximum absolute atomic E-state index is 13.1. The van der Waals surface area contributed by atoms with Gasteiger partial charge >= 0.3 is 5.97 Å². The van der Waals surface area contributed by atoms with Crippen molar-refractivity contribution in [2.45, 2.75) is 76.2 Å². The SMILES string of the molecule is O=C(C(=O)N1CCCCC1(CCCc1ccccc1)C(=O)O)C1CCCCC1. The van der Waals surface area contributed by atoms with Crippen LogP contribution in [0.2, 0.25) is 0 Å². The van der Waals surface area contributed by atoms with Gasteiger partial charge in [0.2, 0.25) is 5.78 Å². The zero-order valence-electron chi connectivity index (χ0n) is 16.6. The molecule has 0 aromatic heterocycles. The Bertz CT molecular complexity index is 696. The molecule has 5 heteroatoms. The third-order valence-electron chi connectivity index (χ3n) is 6.47. The number of aliphatic carboxylic acids is 1. The molecule has 0 bridgehead atoms. The normalized spacial score (nSPS) is 23.4. The van der Waals surface area contributed by atoms with Crippen LogP contribution in [0.4, 0.5) is 0 Å². The molecule has 1 atom stereocenters. The number of rotatable bonds is 7. The molecule has 2 aliphatic rings. The molecular formula is C23H31NO4. The number of benzene rings is 1. The van der Waals surface area contributed by atoms with Crippen molar-refractivity contribution in [1.29, 1.82) is 0 Å². The van der Waals surface area contributed by atoms with Crippen LogP contribution in [0.3, 0.4) is 0 Å². The molecule has 5 nitrogen and oxygen atoms in total. The molecule has 1 N–H and O–H groups in total. The first kappa shape index (κ1) is 20.6. The van der Waals surface area contributed by atoms with E-state index in [-0.39, 0.29) is 11.7 Å². The quantitative estimate of drug-likeness (QED) is 0.720. The number of ketones is 1. The lowest BCUT2D eigenvalue weighted by Gasteiger charge is -2.44. The van der Waals surface area contributed by atoms with Crippen LogP contribution in [-0.4, -0.2) is 39.7 Å². The smallest absolute Gasteiger partial charge is 0.329 e. The first-order valence-electron chi connectivity index (χ1n) is 10.7. The summed E-state index contributed by atoms with van der Waals surface area (Å²) in [7, 11) is 0. The van der Waals surface area contributed by atoms with Crippen molar-refractivity contribution in [1.82, 2.24) is 4.90 Å². The number of likely N-dealkylation sites (tertiary alicyclic amines) is 1. The fraction of sp³-hybridized carbons (Fsp3) is 0.609. The fourth-order valence-electron chi connectivity index (χ4n) is 4.82. The van der Waals surface area contributed by atoms with Crippen molar-refractivity contribution in [3.63, 3.8) is 0 Å². The summed E-state index contributed by atoms with van der Waals surface area (Å²) in [5.74, 6) is -2.12. The Balaban J connectivity index is 1.73. The van der Waals surface area contributed by atoms with Crippen molar-refractivity contribution in [3.8, 4) is 0 Å². The van der Waals surface area contributed by atoms with Gasteiger partial charge < -0.3 is 10.0 Å². The maximum atomic E-state index is 13.1. The number of amides is 1. The molecule has 1 amide bonds. The van der Waals surface area contributed by atoms with Crippen molar-refractivity contribution < 1.29 is 19.5 Å².